The minimum absolute atomic E-state index is 0.123. The predicted octanol–water partition coefficient (Wildman–Crippen LogP) is 14.2. The molecule has 0 bridgehead atoms. The maximum absolute atomic E-state index is 2.45. The van der Waals surface area contributed by atoms with Crippen LogP contribution in [-0.2, 0) is 5.41 Å². The van der Waals surface area contributed by atoms with Gasteiger partial charge >= 0.3 is 0 Å². The van der Waals surface area contributed by atoms with E-state index in [2.05, 4.69) is 184 Å². The van der Waals surface area contributed by atoms with Crippen molar-refractivity contribution in [1.29, 1.82) is 0 Å². The highest BCUT2D eigenvalue weighted by atomic mass is 14.4. The van der Waals surface area contributed by atoms with Gasteiger partial charge in [-0.2, -0.15) is 0 Å². The summed E-state index contributed by atoms with van der Waals surface area (Å²) in [4.78, 5) is 0. The monoisotopic (exact) mass is 646 g/mol. The average Bonchev–Trinajstić information content (AvgIpc) is 3.41. The topological polar surface area (TPSA) is 0 Å². The zero-order valence-corrected chi connectivity index (χ0v) is 28.7. The fraction of sp³-hybridized carbons (Fsp3) is 0.0588. The lowest BCUT2D eigenvalue weighted by Gasteiger charge is -2.23. The Bertz CT molecular complexity index is 2890. The molecule has 0 heterocycles. The van der Waals surface area contributed by atoms with E-state index in [0.29, 0.717) is 0 Å². The first kappa shape index (κ1) is 28.6. The Kier molecular flexibility index (Phi) is 5.82. The zero-order chi connectivity index (χ0) is 33.8. The molecule has 10 aromatic rings. The fourth-order valence-electron chi connectivity index (χ4n) is 9.09. The second-order valence-electron chi connectivity index (χ2n) is 14.9. The van der Waals surface area contributed by atoms with Gasteiger partial charge in [0.05, 0.1) is 0 Å². The van der Waals surface area contributed by atoms with Gasteiger partial charge in [-0.1, -0.05) is 159 Å². The third-order valence-electron chi connectivity index (χ3n) is 11.8. The van der Waals surface area contributed by atoms with Gasteiger partial charge in [-0.25, -0.2) is 0 Å². The van der Waals surface area contributed by atoms with Crippen molar-refractivity contribution in [2.45, 2.75) is 19.3 Å². The minimum Gasteiger partial charge on any atom is -0.0616 e. The molecule has 0 radical (unpaired) electrons. The highest BCUT2D eigenvalue weighted by Crippen LogP contribution is 2.51. The van der Waals surface area contributed by atoms with E-state index in [0.717, 1.165) is 0 Å². The van der Waals surface area contributed by atoms with Crippen molar-refractivity contribution >= 4 is 64.6 Å². The van der Waals surface area contributed by atoms with Gasteiger partial charge in [0.15, 0.2) is 0 Å². The van der Waals surface area contributed by atoms with E-state index in [1.54, 1.807) is 0 Å². The Morgan fingerprint density at radius 2 is 0.608 bits per heavy atom. The molecular weight excluding hydrogens is 613 g/mol. The molecule has 10 aromatic carbocycles. The summed E-state index contributed by atoms with van der Waals surface area (Å²) in [6.07, 6.45) is 0. The molecule has 11 rings (SSSR count). The summed E-state index contributed by atoms with van der Waals surface area (Å²) in [6.45, 7) is 4.78. The molecule has 0 nitrogen and oxygen atoms in total. The van der Waals surface area contributed by atoms with Gasteiger partial charge in [-0.05, 0) is 133 Å². The summed E-state index contributed by atoms with van der Waals surface area (Å²) in [5, 5.41) is 15.6. The molecule has 0 unspecified atom stereocenters. The van der Waals surface area contributed by atoms with Crippen LogP contribution in [-0.4, -0.2) is 0 Å². The third-order valence-corrected chi connectivity index (χ3v) is 11.8. The summed E-state index contributed by atoms with van der Waals surface area (Å²) >= 11 is 0. The molecule has 0 atom stereocenters. The van der Waals surface area contributed by atoms with Gasteiger partial charge in [-0.15, -0.1) is 0 Å². The molecule has 0 fully saturated rings. The smallest absolute Gasteiger partial charge is 0.0159 e. The lowest BCUT2D eigenvalue weighted by molar-refractivity contribution is 0.661. The zero-order valence-electron chi connectivity index (χ0n) is 28.7. The van der Waals surface area contributed by atoms with Gasteiger partial charge in [-0.3, -0.25) is 0 Å². The van der Waals surface area contributed by atoms with Crippen LogP contribution in [0.4, 0.5) is 0 Å². The lowest BCUT2D eigenvalue weighted by atomic mass is 9.80. The van der Waals surface area contributed by atoms with Crippen LogP contribution in [0.15, 0.2) is 170 Å². The molecule has 0 spiro atoms. The normalized spacial score (nSPS) is 13.5. The quantitative estimate of drug-likeness (QED) is 0.164. The molecule has 238 valence electrons. The molecular formula is C51H34. The highest BCUT2D eigenvalue weighted by molar-refractivity contribution is 6.19. The molecule has 0 N–H and O–H groups in total. The van der Waals surface area contributed by atoms with Gasteiger partial charge in [0.1, 0.15) is 0 Å². The average molecular weight is 647 g/mol. The Morgan fingerprint density at radius 3 is 1.06 bits per heavy atom. The first-order valence-electron chi connectivity index (χ1n) is 18.0. The van der Waals surface area contributed by atoms with Crippen LogP contribution in [0.3, 0.4) is 0 Å². The predicted molar refractivity (Wildman–Crippen MR) is 220 cm³/mol. The van der Waals surface area contributed by atoms with Crippen LogP contribution in [0, 0.1) is 0 Å². The van der Waals surface area contributed by atoms with Crippen LogP contribution in [0.1, 0.15) is 25.0 Å². The number of hydrogen-bond acceptors (Lipinski definition) is 0. The SMILES string of the molecule is CC1(C)c2cc(-c3ccc4ccc5c6ccccc6ccc5c4c3)ccc2-c2ccc(-c3ccc4ccc5c6ccccc6ccc5c4c3)cc21. The third kappa shape index (κ3) is 4.14. The van der Waals surface area contributed by atoms with E-state index in [9.17, 15) is 0 Å². The molecule has 0 aromatic heterocycles. The summed E-state index contributed by atoms with van der Waals surface area (Å²) in [5.41, 5.74) is 10.4. The highest BCUT2D eigenvalue weighted by Gasteiger charge is 2.36. The van der Waals surface area contributed by atoms with E-state index in [1.165, 1.54) is 109 Å². The van der Waals surface area contributed by atoms with Crippen LogP contribution in [0.5, 0.6) is 0 Å². The summed E-state index contributed by atoms with van der Waals surface area (Å²) in [7, 11) is 0. The Hall–Kier alpha value is -6.24. The maximum atomic E-state index is 2.45. The van der Waals surface area contributed by atoms with E-state index < -0.39 is 0 Å². The number of rotatable bonds is 2. The molecule has 51 heavy (non-hydrogen) atoms. The van der Waals surface area contributed by atoms with Crippen molar-refractivity contribution < 1.29 is 0 Å². The molecule has 0 saturated heterocycles. The van der Waals surface area contributed by atoms with Crippen LogP contribution in [0.2, 0.25) is 0 Å². The van der Waals surface area contributed by atoms with Crippen LogP contribution in [0.25, 0.3) is 98.0 Å². The van der Waals surface area contributed by atoms with Crippen LogP contribution < -0.4 is 0 Å². The Morgan fingerprint density at radius 1 is 0.275 bits per heavy atom. The number of benzene rings is 10. The van der Waals surface area contributed by atoms with Gasteiger partial charge in [0.2, 0.25) is 0 Å². The molecule has 0 saturated carbocycles. The lowest BCUT2D eigenvalue weighted by Crippen LogP contribution is -2.15. The number of fused-ring (bicyclic) bond motifs is 13. The van der Waals surface area contributed by atoms with E-state index in [4.69, 9.17) is 0 Å². The van der Waals surface area contributed by atoms with E-state index in [1.807, 2.05) is 0 Å². The standard InChI is InChI=1S/C51H34/c1-51(2)49-29-37(35-13-11-33-17-21-41-39-9-5-3-7-31(39)15-23-43(41)47(33)27-35)19-25-45(49)46-26-20-38(30-50(46)51)36-14-12-34-18-22-42-40-10-6-4-8-32(40)16-24-44(42)48(34)28-36/h3-30H,1-2H3. The first-order chi connectivity index (χ1) is 25.0. The minimum atomic E-state index is -0.123. The van der Waals surface area contributed by atoms with E-state index in [-0.39, 0.29) is 5.41 Å². The van der Waals surface area contributed by atoms with Crippen LogP contribution >= 0.6 is 0 Å². The maximum Gasteiger partial charge on any atom is 0.0159 e. The van der Waals surface area contributed by atoms with Crippen molar-refractivity contribution in [2.75, 3.05) is 0 Å². The van der Waals surface area contributed by atoms with Gasteiger partial charge < -0.3 is 0 Å². The second kappa shape index (κ2) is 10.4. The second-order valence-corrected chi connectivity index (χ2v) is 14.9. The van der Waals surface area contributed by atoms with Gasteiger partial charge in [0.25, 0.3) is 0 Å². The van der Waals surface area contributed by atoms with Gasteiger partial charge in [0, 0.05) is 5.41 Å². The largest absolute Gasteiger partial charge is 0.0616 e. The molecule has 0 aliphatic heterocycles. The summed E-state index contributed by atoms with van der Waals surface area (Å²) in [6, 6.07) is 63.8. The molecule has 0 amide bonds. The molecule has 1 aliphatic rings. The molecule has 1 aliphatic carbocycles. The van der Waals surface area contributed by atoms with Crippen molar-refractivity contribution in [3.8, 4) is 33.4 Å². The molecule has 0 heteroatoms. The fourth-order valence-corrected chi connectivity index (χ4v) is 9.09. The van der Waals surface area contributed by atoms with Crippen molar-refractivity contribution in [1.82, 2.24) is 0 Å². The number of hydrogen-bond donors (Lipinski definition) is 0. The summed E-state index contributed by atoms with van der Waals surface area (Å²) in [5.74, 6) is 0. The summed E-state index contributed by atoms with van der Waals surface area (Å²) < 4.78 is 0. The first-order valence-corrected chi connectivity index (χ1v) is 18.0. The Balaban J connectivity index is 1.00. The van der Waals surface area contributed by atoms with Crippen molar-refractivity contribution in [3.63, 3.8) is 0 Å². The van der Waals surface area contributed by atoms with Crippen molar-refractivity contribution in [3.05, 3.63) is 181 Å². The Labute approximate surface area is 297 Å². The van der Waals surface area contributed by atoms with E-state index >= 15 is 0 Å². The van der Waals surface area contributed by atoms with Crippen molar-refractivity contribution in [2.24, 2.45) is 0 Å².